The van der Waals surface area contributed by atoms with Gasteiger partial charge in [0, 0.05) is 29.5 Å². The molecule has 0 spiro atoms. The third kappa shape index (κ3) is 2.71. The topological polar surface area (TPSA) is 59.1 Å². The summed E-state index contributed by atoms with van der Waals surface area (Å²) in [6.07, 6.45) is 4.98. The lowest BCUT2D eigenvalue weighted by molar-refractivity contribution is 0.560. The Labute approximate surface area is 112 Å². The lowest BCUT2D eigenvalue weighted by Crippen LogP contribution is -2.32. The second-order valence-corrected chi connectivity index (χ2v) is 7.28. The van der Waals surface area contributed by atoms with Crippen molar-refractivity contribution in [2.75, 3.05) is 16.8 Å². The number of benzene rings is 1. The monoisotopic (exact) mass is 276 g/mol. The Hall–Kier alpha value is -1.62. The van der Waals surface area contributed by atoms with Gasteiger partial charge in [0.15, 0.2) is 0 Å². The van der Waals surface area contributed by atoms with Gasteiger partial charge >= 0.3 is 0 Å². The van der Waals surface area contributed by atoms with Crippen molar-refractivity contribution in [3.05, 3.63) is 36.7 Å². The molecule has 2 aromatic rings. The molecule has 0 saturated carbocycles. The fourth-order valence-electron chi connectivity index (χ4n) is 2.49. The average molecular weight is 276 g/mol. The van der Waals surface area contributed by atoms with Crippen molar-refractivity contribution in [2.24, 2.45) is 0 Å². The van der Waals surface area contributed by atoms with E-state index in [4.69, 9.17) is 0 Å². The van der Waals surface area contributed by atoms with Crippen LogP contribution in [0.5, 0.6) is 0 Å². The molecule has 1 fully saturated rings. The minimum atomic E-state index is -2.80. The lowest BCUT2D eigenvalue weighted by Gasteiger charge is -2.24. The van der Waals surface area contributed by atoms with Crippen LogP contribution in [-0.2, 0) is 9.84 Å². The molecule has 3 rings (SSSR count). The van der Waals surface area contributed by atoms with E-state index in [2.05, 4.69) is 10.3 Å². The minimum Gasteiger partial charge on any atom is -0.382 e. The molecule has 0 radical (unpaired) electrons. The number of hydrogen-bond donors (Lipinski definition) is 1. The lowest BCUT2D eigenvalue weighted by atomic mass is 10.1. The molecular weight excluding hydrogens is 260 g/mol. The first-order chi connectivity index (χ1) is 9.14. The highest BCUT2D eigenvalue weighted by Gasteiger charge is 2.23. The predicted molar refractivity (Wildman–Crippen MR) is 77.0 cm³/mol. The molecule has 2 heterocycles. The van der Waals surface area contributed by atoms with Crippen molar-refractivity contribution >= 4 is 26.3 Å². The summed E-state index contributed by atoms with van der Waals surface area (Å²) in [4.78, 5) is 4.15. The molecule has 5 heteroatoms. The number of anilines is 1. The van der Waals surface area contributed by atoms with Crippen LogP contribution in [0.3, 0.4) is 0 Å². The summed E-state index contributed by atoms with van der Waals surface area (Å²) in [6, 6.07) is 8.28. The molecule has 0 amide bonds. The van der Waals surface area contributed by atoms with Gasteiger partial charge in [0.05, 0.1) is 11.5 Å². The third-order valence-corrected chi connectivity index (χ3v) is 5.31. The molecule has 1 saturated heterocycles. The zero-order valence-corrected chi connectivity index (χ0v) is 11.4. The molecule has 0 aliphatic carbocycles. The summed E-state index contributed by atoms with van der Waals surface area (Å²) < 4.78 is 22.8. The van der Waals surface area contributed by atoms with Crippen LogP contribution in [-0.4, -0.2) is 30.9 Å². The number of rotatable bonds is 2. The van der Waals surface area contributed by atoms with Gasteiger partial charge in [-0.25, -0.2) is 8.42 Å². The maximum atomic E-state index is 11.4. The molecule has 0 atom stereocenters. The maximum Gasteiger partial charge on any atom is 0.150 e. The van der Waals surface area contributed by atoms with Crippen LogP contribution in [0.2, 0.25) is 0 Å². The van der Waals surface area contributed by atoms with Gasteiger partial charge in [0.25, 0.3) is 0 Å². The molecule has 1 aliphatic heterocycles. The minimum absolute atomic E-state index is 0.231. The first kappa shape index (κ1) is 12.4. The number of fused-ring (bicyclic) bond motifs is 1. The second kappa shape index (κ2) is 4.81. The Morgan fingerprint density at radius 1 is 1.16 bits per heavy atom. The van der Waals surface area contributed by atoms with E-state index in [0.717, 1.165) is 16.5 Å². The summed E-state index contributed by atoms with van der Waals surface area (Å²) >= 11 is 0. The first-order valence-corrected chi connectivity index (χ1v) is 8.26. The van der Waals surface area contributed by atoms with Crippen molar-refractivity contribution < 1.29 is 8.42 Å². The van der Waals surface area contributed by atoms with Crippen molar-refractivity contribution in [2.45, 2.75) is 18.9 Å². The molecule has 19 heavy (non-hydrogen) atoms. The van der Waals surface area contributed by atoms with Crippen LogP contribution >= 0.6 is 0 Å². The number of nitrogens with zero attached hydrogens (tertiary/aromatic N) is 1. The summed E-state index contributed by atoms with van der Waals surface area (Å²) in [5.41, 5.74) is 1.04. The molecular formula is C14H16N2O2S. The summed E-state index contributed by atoms with van der Waals surface area (Å²) in [7, 11) is -2.80. The quantitative estimate of drug-likeness (QED) is 0.913. The van der Waals surface area contributed by atoms with Gasteiger partial charge in [0.1, 0.15) is 9.84 Å². The smallest absolute Gasteiger partial charge is 0.150 e. The molecule has 1 aromatic carbocycles. The Morgan fingerprint density at radius 2 is 1.95 bits per heavy atom. The zero-order valence-electron chi connectivity index (χ0n) is 10.5. The second-order valence-electron chi connectivity index (χ2n) is 4.97. The molecule has 0 unspecified atom stereocenters. The van der Waals surface area contributed by atoms with E-state index in [-0.39, 0.29) is 17.5 Å². The Bertz CT molecular complexity index is 678. The van der Waals surface area contributed by atoms with Crippen molar-refractivity contribution in [1.82, 2.24) is 4.98 Å². The highest BCUT2D eigenvalue weighted by Crippen LogP contribution is 2.25. The summed E-state index contributed by atoms with van der Waals surface area (Å²) in [5.74, 6) is 0.571. The van der Waals surface area contributed by atoms with Crippen molar-refractivity contribution in [1.29, 1.82) is 0 Å². The van der Waals surface area contributed by atoms with E-state index in [1.807, 2.05) is 30.5 Å². The van der Waals surface area contributed by atoms with Gasteiger partial charge < -0.3 is 5.32 Å². The average Bonchev–Trinajstić information content (AvgIpc) is 2.42. The highest BCUT2D eigenvalue weighted by atomic mass is 32.2. The molecule has 1 aromatic heterocycles. The number of nitrogens with one attached hydrogen (secondary N) is 1. The predicted octanol–water partition coefficient (Wildman–Crippen LogP) is 2.22. The molecule has 1 aliphatic rings. The third-order valence-electron chi connectivity index (χ3n) is 3.60. The van der Waals surface area contributed by atoms with Gasteiger partial charge in [0.2, 0.25) is 0 Å². The Kier molecular flexibility index (Phi) is 3.14. The Balaban J connectivity index is 1.83. The normalized spacial score (nSPS) is 19.4. The van der Waals surface area contributed by atoms with Crippen LogP contribution < -0.4 is 5.32 Å². The number of aromatic nitrogens is 1. The van der Waals surface area contributed by atoms with Crippen LogP contribution in [0.15, 0.2) is 36.7 Å². The molecule has 0 bridgehead atoms. The number of hydrogen-bond acceptors (Lipinski definition) is 4. The summed E-state index contributed by atoms with van der Waals surface area (Å²) in [5, 5.41) is 5.68. The van der Waals surface area contributed by atoms with Crippen LogP contribution in [0.25, 0.3) is 10.8 Å². The molecule has 4 nitrogen and oxygen atoms in total. The van der Waals surface area contributed by atoms with Crippen molar-refractivity contribution in [3.8, 4) is 0 Å². The highest BCUT2D eigenvalue weighted by molar-refractivity contribution is 7.91. The number of sulfone groups is 1. The summed E-state index contributed by atoms with van der Waals surface area (Å²) in [6.45, 7) is 0. The Morgan fingerprint density at radius 3 is 2.74 bits per heavy atom. The van der Waals surface area contributed by atoms with Gasteiger partial charge in [-0.3, -0.25) is 4.98 Å². The molecule has 1 N–H and O–H groups in total. The van der Waals surface area contributed by atoms with Gasteiger partial charge in [-0.05, 0) is 30.4 Å². The zero-order chi connectivity index (χ0) is 13.3. The van der Waals surface area contributed by atoms with Crippen LogP contribution in [0.1, 0.15) is 12.8 Å². The SMILES string of the molecule is O=S1(=O)CCC(Nc2cccc3ccncc23)CC1. The largest absolute Gasteiger partial charge is 0.382 e. The first-order valence-electron chi connectivity index (χ1n) is 6.44. The van der Waals surface area contributed by atoms with E-state index < -0.39 is 9.84 Å². The van der Waals surface area contributed by atoms with Gasteiger partial charge in [-0.2, -0.15) is 0 Å². The molecule has 100 valence electrons. The van der Waals surface area contributed by atoms with Crippen molar-refractivity contribution in [3.63, 3.8) is 0 Å². The van der Waals surface area contributed by atoms with Crippen LogP contribution in [0, 0.1) is 0 Å². The van der Waals surface area contributed by atoms with Gasteiger partial charge in [-0.15, -0.1) is 0 Å². The van der Waals surface area contributed by atoms with E-state index in [0.29, 0.717) is 12.8 Å². The van der Waals surface area contributed by atoms with E-state index >= 15 is 0 Å². The number of pyridine rings is 1. The van der Waals surface area contributed by atoms with E-state index in [1.54, 1.807) is 6.20 Å². The maximum absolute atomic E-state index is 11.4. The van der Waals surface area contributed by atoms with E-state index in [1.165, 1.54) is 0 Å². The van der Waals surface area contributed by atoms with E-state index in [9.17, 15) is 8.42 Å². The fourth-order valence-corrected chi connectivity index (χ4v) is 3.98. The van der Waals surface area contributed by atoms with Gasteiger partial charge in [-0.1, -0.05) is 12.1 Å². The fraction of sp³-hybridized carbons (Fsp3) is 0.357. The van der Waals surface area contributed by atoms with Crippen LogP contribution in [0.4, 0.5) is 5.69 Å². The standard InChI is InChI=1S/C14H16N2O2S/c17-19(18)8-5-12(6-9-19)16-14-3-1-2-11-4-7-15-10-13(11)14/h1-4,7,10,12,16H,5-6,8-9H2.